The molecule has 17 nitrogen and oxygen atoms in total. The van der Waals surface area contributed by atoms with Crippen LogP contribution in [0.15, 0.2) is 17.1 Å². The summed E-state index contributed by atoms with van der Waals surface area (Å²) in [7, 11) is -16.8. The van der Waals surface area contributed by atoms with Gasteiger partial charge in [0.1, 0.15) is 18.0 Å². The molecule has 30 heavy (non-hydrogen) atoms. The van der Waals surface area contributed by atoms with Gasteiger partial charge in [-0.15, -0.1) is 0 Å². The zero-order chi connectivity index (χ0) is 23.0. The number of ether oxygens (including phenoxy) is 1. The molecule has 2 heterocycles. The molecule has 0 aromatic carbocycles. The molecule has 0 radical (unpaired) electrons. The number of aromatic nitrogens is 2. The smallest absolute Gasteiger partial charge is 0.387 e. The molecule has 1 saturated heterocycles. The molecule has 7 N–H and O–H groups in total. The number of anilines is 1. The van der Waals surface area contributed by atoms with Crippen LogP contribution in [0.25, 0.3) is 0 Å². The number of phosphoric ester groups is 1. The van der Waals surface area contributed by atoms with Crippen LogP contribution in [0.3, 0.4) is 0 Å². The Morgan fingerprint density at radius 1 is 1.30 bits per heavy atom. The molecule has 1 aliphatic heterocycles. The van der Waals surface area contributed by atoms with Gasteiger partial charge in [0, 0.05) is 6.20 Å². The summed E-state index contributed by atoms with van der Waals surface area (Å²) < 4.78 is 50.9. The number of nitrogens with zero attached hydrogens (tertiary/aromatic N) is 3. The van der Waals surface area contributed by atoms with E-state index in [-0.39, 0.29) is 5.82 Å². The van der Waals surface area contributed by atoms with E-state index in [1.807, 2.05) is 0 Å². The van der Waals surface area contributed by atoms with Gasteiger partial charge in [-0.3, -0.25) is 9.09 Å². The number of phosphoric acid groups is 3. The number of hydrogen-bond donors (Lipinski definition) is 6. The van der Waals surface area contributed by atoms with Crippen molar-refractivity contribution in [2.45, 2.75) is 17.7 Å². The molecule has 1 aliphatic rings. The number of aliphatic hydroxyl groups excluding tert-OH is 1. The average Bonchev–Trinajstić information content (AvgIpc) is 2.87. The Labute approximate surface area is 166 Å². The van der Waals surface area contributed by atoms with Gasteiger partial charge in [0.25, 0.3) is 0 Å². The topological polar surface area (TPSA) is 274 Å². The van der Waals surface area contributed by atoms with Crippen LogP contribution < -0.4 is 11.4 Å². The third-order valence-electron chi connectivity index (χ3n) is 3.63. The largest absolute Gasteiger partial charge is 0.490 e. The molecule has 5 atom stereocenters. The number of nitrogen functional groups attached to an aromatic ring is 1. The van der Waals surface area contributed by atoms with Crippen LogP contribution in [0, 0.1) is 11.3 Å². The maximum atomic E-state index is 12.0. The molecule has 1 aromatic heterocycles. The van der Waals surface area contributed by atoms with Crippen LogP contribution in [0.5, 0.6) is 0 Å². The molecule has 168 valence electrons. The molecule has 0 saturated carbocycles. The highest BCUT2D eigenvalue weighted by Crippen LogP contribution is 2.66. The van der Waals surface area contributed by atoms with Crippen LogP contribution in [0.4, 0.5) is 5.82 Å². The van der Waals surface area contributed by atoms with E-state index in [0.29, 0.717) is 0 Å². The van der Waals surface area contributed by atoms with Crippen LogP contribution >= 0.6 is 23.5 Å². The second kappa shape index (κ2) is 8.56. The van der Waals surface area contributed by atoms with Gasteiger partial charge in [-0.2, -0.15) is 18.9 Å². The van der Waals surface area contributed by atoms with E-state index in [1.54, 1.807) is 6.07 Å². The SMILES string of the molecule is N#CC1(n2ccc(N)nc2=O)CO[C@H](COP(=O)(O)OP(=O)(O)OP(=O)(O)O)[C@H]1O. The predicted octanol–water partition coefficient (Wildman–Crippen LogP) is -1.85. The lowest BCUT2D eigenvalue weighted by molar-refractivity contribution is -0.00117. The first-order valence-corrected chi connectivity index (χ1v) is 12.0. The Morgan fingerprint density at radius 3 is 2.47 bits per heavy atom. The molecule has 0 aliphatic carbocycles. The molecule has 1 aromatic rings. The minimum absolute atomic E-state index is 0.151. The quantitative estimate of drug-likeness (QED) is 0.217. The third kappa shape index (κ3) is 5.80. The van der Waals surface area contributed by atoms with Crippen molar-refractivity contribution in [1.29, 1.82) is 5.26 Å². The van der Waals surface area contributed by atoms with Crippen molar-refractivity contribution in [3.05, 3.63) is 22.7 Å². The van der Waals surface area contributed by atoms with E-state index >= 15 is 0 Å². The maximum Gasteiger partial charge on any atom is 0.490 e. The number of aliphatic hydroxyl groups is 1. The Hall–Kier alpha value is -1.50. The van der Waals surface area contributed by atoms with Gasteiger partial charge in [0.05, 0.1) is 19.3 Å². The first-order chi connectivity index (χ1) is 13.6. The normalized spacial score (nSPS) is 28.4. The molecular formula is C10H15N4O13P3. The lowest BCUT2D eigenvalue weighted by Crippen LogP contribution is -2.50. The number of rotatable bonds is 8. The van der Waals surface area contributed by atoms with Gasteiger partial charge in [-0.1, -0.05) is 0 Å². The fraction of sp³-hybridized carbons (Fsp3) is 0.500. The minimum Gasteiger partial charge on any atom is -0.387 e. The van der Waals surface area contributed by atoms with E-state index < -0.39 is 60.1 Å². The molecule has 1 fully saturated rings. The highest BCUT2D eigenvalue weighted by atomic mass is 31.3. The molecule has 3 unspecified atom stereocenters. The van der Waals surface area contributed by atoms with E-state index in [9.17, 15) is 33.8 Å². The summed E-state index contributed by atoms with van der Waals surface area (Å²) in [6.07, 6.45) is -2.26. The molecular weight excluding hydrogens is 477 g/mol. The molecule has 0 spiro atoms. The predicted molar refractivity (Wildman–Crippen MR) is 92.1 cm³/mol. The van der Waals surface area contributed by atoms with E-state index in [4.69, 9.17) is 25.2 Å². The van der Waals surface area contributed by atoms with Crippen molar-refractivity contribution in [2.24, 2.45) is 0 Å². The van der Waals surface area contributed by atoms with Crippen molar-refractivity contribution in [2.75, 3.05) is 18.9 Å². The number of nitrogens with two attached hydrogens (primary N) is 1. The first kappa shape index (κ1) is 24.8. The van der Waals surface area contributed by atoms with E-state index in [2.05, 4.69) is 18.1 Å². The van der Waals surface area contributed by atoms with E-state index in [0.717, 1.165) is 10.8 Å². The molecule has 0 amide bonds. The summed E-state index contributed by atoms with van der Waals surface area (Å²) in [5.41, 5.74) is 2.36. The second-order valence-corrected chi connectivity index (χ2v) is 10.1. The van der Waals surface area contributed by atoms with Crippen molar-refractivity contribution in [1.82, 2.24) is 9.55 Å². The summed E-state index contributed by atoms with van der Waals surface area (Å²) in [6, 6.07) is 2.87. The summed E-state index contributed by atoms with van der Waals surface area (Å²) in [5.74, 6) is -0.151. The summed E-state index contributed by atoms with van der Waals surface area (Å²) >= 11 is 0. The van der Waals surface area contributed by atoms with Gasteiger partial charge < -0.3 is 35.2 Å². The molecule has 20 heteroatoms. The summed E-state index contributed by atoms with van der Waals surface area (Å²) in [6.45, 7) is -1.59. The Balaban J connectivity index is 2.13. The number of nitriles is 1. The fourth-order valence-electron chi connectivity index (χ4n) is 2.41. The van der Waals surface area contributed by atoms with Gasteiger partial charge >= 0.3 is 29.2 Å². The highest BCUT2D eigenvalue weighted by molar-refractivity contribution is 7.66. The van der Waals surface area contributed by atoms with Crippen LogP contribution in [-0.4, -0.2) is 59.7 Å². The molecule has 2 rings (SSSR count). The van der Waals surface area contributed by atoms with Crippen molar-refractivity contribution in [3.63, 3.8) is 0 Å². The van der Waals surface area contributed by atoms with Gasteiger partial charge in [0.2, 0.25) is 0 Å². The summed E-state index contributed by atoms with van der Waals surface area (Å²) in [5, 5.41) is 19.9. The average molecular weight is 492 g/mol. The van der Waals surface area contributed by atoms with Gasteiger partial charge in [-0.25, -0.2) is 18.5 Å². The lowest BCUT2D eigenvalue weighted by atomic mass is 9.94. The standard InChI is InChI=1S/C10H15N4O13P3/c11-4-10(14-2-1-7(12)13-9(14)16)5-24-6(8(10)15)3-25-29(20,21)27-30(22,23)26-28(17,18)19/h1-2,6,8,15H,3,5H2,(H,20,21)(H,22,23)(H2,12,13,16)(H2,17,18,19)/t6-,8-,10?/m1/s1. The van der Waals surface area contributed by atoms with Crippen LogP contribution in [-0.2, 0) is 37.1 Å². The highest BCUT2D eigenvalue weighted by Gasteiger charge is 2.53. The Bertz CT molecular complexity index is 1050. The Kier molecular flexibility index (Phi) is 7.07. The van der Waals surface area contributed by atoms with E-state index in [1.165, 1.54) is 6.07 Å². The third-order valence-corrected chi connectivity index (χ3v) is 7.43. The van der Waals surface area contributed by atoms with Gasteiger partial charge in [-0.05, 0) is 6.07 Å². The fourth-order valence-corrected chi connectivity index (χ4v) is 5.44. The monoisotopic (exact) mass is 492 g/mol. The van der Waals surface area contributed by atoms with Crippen molar-refractivity contribution < 1.29 is 56.3 Å². The maximum absolute atomic E-state index is 12.0. The number of hydrogen-bond acceptors (Lipinski definition) is 12. The van der Waals surface area contributed by atoms with Crippen LogP contribution in [0.1, 0.15) is 0 Å². The second-order valence-electron chi connectivity index (χ2n) is 5.72. The van der Waals surface area contributed by atoms with Crippen molar-refractivity contribution in [3.8, 4) is 6.07 Å². The van der Waals surface area contributed by atoms with Crippen molar-refractivity contribution >= 4 is 29.3 Å². The Morgan fingerprint density at radius 2 is 1.93 bits per heavy atom. The summed E-state index contributed by atoms with van der Waals surface area (Å²) in [4.78, 5) is 50.9. The zero-order valence-electron chi connectivity index (χ0n) is 14.5. The molecule has 0 bridgehead atoms. The first-order valence-electron chi connectivity index (χ1n) is 7.46. The zero-order valence-corrected chi connectivity index (χ0v) is 17.2. The lowest BCUT2D eigenvalue weighted by Gasteiger charge is -2.26. The van der Waals surface area contributed by atoms with Gasteiger partial charge in [0.15, 0.2) is 5.54 Å². The van der Waals surface area contributed by atoms with Crippen LogP contribution in [0.2, 0.25) is 0 Å². The minimum atomic E-state index is -5.72.